The second-order valence-corrected chi connectivity index (χ2v) is 6.80. The van der Waals surface area contributed by atoms with E-state index in [0.717, 1.165) is 12.0 Å². The van der Waals surface area contributed by atoms with Gasteiger partial charge in [0.15, 0.2) is 0 Å². The molecule has 1 N–H and O–H groups in total. The van der Waals surface area contributed by atoms with Crippen molar-refractivity contribution in [3.05, 3.63) is 0 Å². The van der Waals surface area contributed by atoms with Crippen LogP contribution in [0.3, 0.4) is 0 Å². The summed E-state index contributed by atoms with van der Waals surface area (Å²) in [5, 5.41) is 3.68. The molecule has 1 saturated carbocycles. The standard InChI is InChI=1S/C14H28N2/c1-11(12-6-5-7-12)16-9-8-15-13(10-16)14(2,3)4/h11-13,15H,5-10H2,1-4H3. The van der Waals surface area contributed by atoms with Crippen molar-refractivity contribution in [1.29, 1.82) is 0 Å². The maximum atomic E-state index is 3.68. The molecule has 0 radical (unpaired) electrons. The van der Waals surface area contributed by atoms with E-state index in [2.05, 4.69) is 37.9 Å². The first-order valence-corrected chi connectivity index (χ1v) is 6.96. The molecular formula is C14H28N2. The zero-order valence-corrected chi connectivity index (χ0v) is 11.4. The first-order chi connectivity index (χ1) is 7.48. The zero-order valence-electron chi connectivity index (χ0n) is 11.4. The predicted octanol–water partition coefficient (Wildman–Crippen LogP) is 2.49. The maximum Gasteiger partial charge on any atom is 0.0244 e. The lowest BCUT2D eigenvalue weighted by atomic mass is 9.78. The number of hydrogen-bond donors (Lipinski definition) is 1. The molecule has 0 aromatic carbocycles. The molecule has 94 valence electrons. The highest BCUT2D eigenvalue weighted by atomic mass is 15.2. The van der Waals surface area contributed by atoms with Gasteiger partial charge in [0.25, 0.3) is 0 Å². The molecule has 0 spiro atoms. The van der Waals surface area contributed by atoms with Crippen LogP contribution in [0.25, 0.3) is 0 Å². The summed E-state index contributed by atoms with van der Waals surface area (Å²) in [6, 6.07) is 1.46. The van der Waals surface area contributed by atoms with Crippen LogP contribution < -0.4 is 5.32 Å². The fourth-order valence-electron chi connectivity index (χ4n) is 2.94. The highest BCUT2D eigenvalue weighted by Gasteiger charge is 2.34. The van der Waals surface area contributed by atoms with Crippen LogP contribution in [-0.2, 0) is 0 Å². The van der Waals surface area contributed by atoms with E-state index in [0.29, 0.717) is 11.5 Å². The number of nitrogens with zero attached hydrogens (tertiary/aromatic N) is 1. The van der Waals surface area contributed by atoms with Crippen LogP contribution in [0, 0.1) is 11.3 Å². The van der Waals surface area contributed by atoms with Gasteiger partial charge in [-0.25, -0.2) is 0 Å². The van der Waals surface area contributed by atoms with Crippen molar-refractivity contribution in [2.24, 2.45) is 11.3 Å². The zero-order chi connectivity index (χ0) is 11.8. The minimum atomic E-state index is 0.387. The van der Waals surface area contributed by atoms with Gasteiger partial charge in [0.1, 0.15) is 0 Å². The number of rotatable bonds is 2. The quantitative estimate of drug-likeness (QED) is 0.775. The summed E-state index contributed by atoms with van der Waals surface area (Å²) in [6.45, 7) is 13.1. The molecule has 1 saturated heterocycles. The Kier molecular flexibility index (Phi) is 3.60. The molecule has 0 bridgehead atoms. The van der Waals surface area contributed by atoms with Crippen LogP contribution in [0.2, 0.25) is 0 Å². The summed E-state index contributed by atoms with van der Waals surface area (Å²) in [7, 11) is 0. The second kappa shape index (κ2) is 4.66. The molecule has 0 amide bonds. The molecule has 2 nitrogen and oxygen atoms in total. The molecule has 2 atom stereocenters. The smallest absolute Gasteiger partial charge is 0.0244 e. The minimum Gasteiger partial charge on any atom is -0.311 e. The van der Waals surface area contributed by atoms with Gasteiger partial charge in [-0.15, -0.1) is 0 Å². The van der Waals surface area contributed by atoms with Crippen molar-refractivity contribution in [1.82, 2.24) is 10.2 Å². The van der Waals surface area contributed by atoms with E-state index in [1.807, 2.05) is 0 Å². The van der Waals surface area contributed by atoms with Gasteiger partial charge in [-0.1, -0.05) is 27.2 Å². The predicted molar refractivity (Wildman–Crippen MR) is 69.6 cm³/mol. The van der Waals surface area contributed by atoms with Crippen LogP contribution in [-0.4, -0.2) is 36.6 Å². The summed E-state index contributed by atoms with van der Waals surface area (Å²) in [5.41, 5.74) is 0.387. The van der Waals surface area contributed by atoms with Gasteiger partial charge in [-0.2, -0.15) is 0 Å². The van der Waals surface area contributed by atoms with E-state index in [9.17, 15) is 0 Å². The van der Waals surface area contributed by atoms with E-state index >= 15 is 0 Å². The van der Waals surface area contributed by atoms with E-state index < -0.39 is 0 Å². The fraction of sp³-hybridized carbons (Fsp3) is 1.00. The summed E-state index contributed by atoms with van der Waals surface area (Å²) in [4.78, 5) is 2.72. The van der Waals surface area contributed by atoms with Gasteiger partial charge in [-0.05, 0) is 31.1 Å². The Morgan fingerprint density at radius 1 is 1.25 bits per heavy atom. The summed E-state index contributed by atoms with van der Waals surface area (Å²) in [6.07, 6.45) is 4.39. The maximum absolute atomic E-state index is 3.68. The van der Waals surface area contributed by atoms with E-state index in [-0.39, 0.29) is 0 Å². The Morgan fingerprint density at radius 2 is 1.94 bits per heavy atom. The minimum absolute atomic E-state index is 0.387. The molecular weight excluding hydrogens is 196 g/mol. The van der Waals surface area contributed by atoms with Gasteiger partial charge in [0.05, 0.1) is 0 Å². The summed E-state index contributed by atoms with van der Waals surface area (Å²) < 4.78 is 0. The lowest BCUT2D eigenvalue weighted by Gasteiger charge is -2.46. The van der Waals surface area contributed by atoms with Crippen LogP contribution in [0.15, 0.2) is 0 Å². The lowest BCUT2D eigenvalue weighted by Crippen LogP contribution is -2.59. The summed E-state index contributed by atoms with van der Waals surface area (Å²) in [5.74, 6) is 0.985. The van der Waals surface area contributed by atoms with Crippen LogP contribution >= 0.6 is 0 Å². The van der Waals surface area contributed by atoms with Crippen LogP contribution in [0.5, 0.6) is 0 Å². The number of piperazine rings is 1. The van der Waals surface area contributed by atoms with Crippen molar-refractivity contribution in [2.75, 3.05) is 19.6 Å². The van der Waals surface area contributed by atoms with Gasteiger partial charge in [0.2, 0.25) is 0 Å². The molecule has 1 aliphatic carbocycles. The molecule has 2 heteroatoms. The van der Waals surface area contributed by atoms with Crippen LogP contribution in [0.1, 0.15) is 47.0 Å². The third kappa shape index (κ3) is 2.60. The molecule has 16 heavy (non-hydrogen) atoms. The topological polar surface area (TPSA) is 15.3 Å². The molecule has 2 fully saturated rings. The molecule has 1 heterocycles. The molecule has 2 unspecified atom stereocenters. The van der Waals surface area contributed by atoms with Crippen LogP contribution in [0.4, 0.5) is 0 Å². The van der Waals surface area contributed by atoms with Gasteiger partial charge < -0.3 is 5.32 Å². The van der Waals surface area contributed by atoms with E-state index in [1.54, 1.807) is 0 Å². The second-order valence-electron chi connectivity index (χ2n) is 6.80. The van der Waals surface area contributed by atoms with Gasteiger partial charge in [0, 0.05) is 31.7 Å². The largest absolute Gasteiger partial charge is 0.311 e. The third-order valence-corrected chi connectivity index (χ3v) is 4.66. The SMILES string of the molecule is CC(C1CCC1)N1CCNC(C(C)(C)C)C1. The highest BCUT2D eigenvalue weighted by molar-refractivity contribution is 4.91. The monoisotopic (exact) mass is 224 g/mol. The number of nitrogens with one attached hydrogen (secondary N) is 1. The van der Waals surface area contributed by atoms with Crippen molar-refractivity contribution < 1.29 is 0 Å². The van der Waals surface area contributed by atoms with Crippen molar-refractivity contribution in [3.8, 4) is 0 Å². The Balaban J connectivity index is 1.90. The molecule has 0 aromatic heterocycles. The molecule has 1 aliphatic heterocycles. The van der Waals surface area contributed by atoms with E-state index in [4.69, 9.17) is 0 Å². The Morgan fingerprint density at radius 3 is 2.44 bits per heavy atom. The van der Waals surface area contributed by atoms with Crippen molar-refractivity contribution >= 4 is 0 Å². The Hall–Kier alpha value is -0.0800. The first kappa shape index (κ1) is 12.4. The average Bonchev–Trinajstić information content (AvgIpc) is 2.14. The first-order valence-electron chi connectivity index (χ1n) is 6.96. The summed E-state index contributed by atoms with van der Waals surface area (Å²) >= 11 is 0. The fourth-order valence-corrected chi connectivity index (χ4v) is 2.94. The average molecular weight is 224 g/mol. The molecule has 2 rings (SSSR count). The van der Waals surface area contributed by atoms with Crippen molar-refractivity contribution in [2.45, 2.75) is 59.0 Å². The molecule has 0 aromatic rings. The normalized spacial score (nSPS) is 31.1. The Labute approximate surface area is 101 Å². The third-order valence-electron chi connectivity index (χ3n) is 4.66. The number of hydrogen-bond acceptors (Lipinski definition) is 2. The van der Waals surface area contributed by atoms with E-state index in [1.165, 1.54) is 38.9 Å². The van der Waals surface area contributed by atoms with Crippen molar-refractivity contribution in [3.63, 3.8) is 0 Å². The molecule has 2 aliphatic rings. The lowest BCUT2D eigenvalue weighted by molar-refractivity contribution is 0.0559. The van der Waals surface area contributed by atoms with Gasteiger partial charge >= 0.3 is 0 Å². The van der Waals surface area contributed by atoms with Gasteiger partial charge in [-0.3, -0.25) is 4.90 Å². The highest BCUT2D eigenvalue weighted by Crippen LogP contribution is 2.33. The Bertz CT molecular complexity index is 227.